The first kappa shape index (κ1) is 7.22. The van der Waals surface area contributed by atoms with Crippen molar-refractivity contribution in [1.29, 1.82) is 0 Å². The summed E-state index contributed by atoms with van der Waals surface area (Å²) in [4.78, 5) is 0. The molecular weight excluding hydrogens is 131 g/mol. The van der Waals surface area contributed by atoms with Gasteiger partial charge in [-0.25, -0.2) is 4.39 Å². The van der Waals surface area contributed by atoms with Crippen LogP contribution < -0.4 is 0 Å². The van der Waals surface area contributed by atoms with Crippen LogP contribution in [0.2, 0.25) is 0 Å². The number of hydrogen-bond donors (Lipinski definition) is 1. The molecule has 10 heavy (non-hydrogen) atoms. The molecule has 1 nitrogen and oxygen atoms in total. The van der Waals surface area contributed by atoms with Gasteiger partial charge in [0.05, 0.1) is 0 Å². The van der Waals surface area contributed by atoms with E-state index in [0.29, 0.717) is 11.1 Å². The zero-order valence-electron chi connectivity index (χ0n) is 5.63. The Morgan fingerprint density at radius 2 is 2.20 bits per heavy atom. The second kappa shape index (κ2) is 2.80. The van der Waals surface area contributed by atoms with Crippen molar-refractivity contribution >= 4 is 0 Å². The van der Waals surface area contributed by atoms with Crippen molar-refractivity contribution in [2.45, 2.75) is 6.92 Å². The van der Waals surface area contributed by atoms with E-state index in [9.17, 15) is 4.39 Å². The quantitative estimate of drug-likeness (QED) is 0.631. The zero-order chi connectivity index (χ0) is 7.56. The lowest BCUT2D eigenvalue weighted by atomic mass is 10.1. The summed E-state index contributed by atoms with van der Waals surface area (Å²) in [5.74, 6) is -0.245. The zero-order valence-corrected chi connectivity index (χ0v) is 5.63. The average Bonchev–Trinajstić information content (AvgIpc) is 1.95. The highest BCUT2D eigenvalue weighted by atomic mass is 19.1. The first-order valence-corrected chi connectivity index (χ1v) is 2.97. The Morgan fingerprint density at radius 1 is 1.50 bits per heavy atom. The van der Waals surface area contributed by atoms with Gasteiger partial charge in [0.15, 0.2) is 0 Å². The minimum Gasteiger partial charge on any atom is -0.385 e. The molecule has 0 fully saturated rings. The summed E-state index contributed by atoms with van der Waals surface area (Å²) < 4.78 is 12.5. The molecule has 0 unspecified atom stereocenters. The molecule has 1 aromatic carbocycles. The summed E-state index contributed by atoms with van der Waals surface area (Å²) in [6.45, 7) is 2.61. The third-order valence-electron chi connectivity index (χ3n) is 1.33. The van der Waals surface area contributed by atoms with Crippen molar-refractivity contribution < 1.29 is 9.50 Å². The molecule has 0 bridgehead atoms. The lowest BCUT2D eigenvalue weighted by Gasteiger charge is -1.97. The number of rotatable bonds is 1. The largest absolute Gasteiger partial charge is 0.385 e. The van der Waals surface area contributed by atoms with Crippen LogP contribution in [-0.4, -0.2) is 5.11 Å². The molecule has 1 rings (SSSR count). The number of aliphatic hydroxyl groups excluding tert-OH is 1. The number of aliphatic hydroxyl groups is 1. The van der Waals surface area contributed by atoms with Crippen LogP contribution in [0.3, 0.4) is 0 Å². The summed E-state index contributed by atoms with van der Waals surface area (Å²) in [5.41, 5.74) is 1.17. The van der Waals surface area contributed by atoms with Gasteiger partial charge in [0.1, 0.15) is 12.4 Å². The summed E-state index contributed by atoms with van der Waals surface area (Å²) in [5, 5.41) is 8.51. The third-order valence-corrected chi connectivity index (χ3v) is 1.33. The fourth-order valence-electron chi connectivity index (χ4n) is 0.748. The molecule has 0 saturated heterocycles. The van der Waals surface area contributed by atoms with E-state index >= 15 is 0 Å². The molecule has 0 atom stereocenters. The van der Waals surface area contributed by atoms with Gasteiger partial charge in [0, 0.05) is 0 Å². The van der Waals surface area contributed by atoms with Crippen LogP contribution in [-0.2, 0) is 0 Å². The topological polar surface area (TPSA) is 20.2 Å². The molecule has 0 aliphatic rings. The summed E-state index contributed by atoms with van der Waals surface area (Å²) in [6, 6.07) is 4.43. The molecule has 0 aliphatic heterocycles. The second-order valence-corrected chi connectivity index (χ2v) is 2.14. The van der Waals surface area contributed by atoms with Gasteiger partial charge in [-0.05, 0) is 24.1 Å². The van der Waals surface area contributed by atoms with E-state index < -0.39 is 0 Å². The Balaban J connectivity index is 3.04. The number of benzene rings is 1. The smallest absolute Gasteiger partial charge is 0.126 e. The number of halogens is 1. The highest BCUT2D eigenvalue weighted by Crippen LogP contribution is 2.09. The molecule has 0 heterocycles. The minimum absolute atomic E-state index is 0.245. The first-order chi connectivity index (χ1) is 4.74. The van der Waals surface area contributed by atoms with E-state index in [0.717, 1.165) is 6.61 Å². The molecule has 1 aromatic rings. The van der Waals surface area contributed by atoms with Crippen molar-refractivity contribution in [3.8, 4) is 0 Å². The Labute approximate surface area is 59.1 Å². The highest BCUT2D eigenvalue weighted by Gasteiger charge is 1.96. The van der Waals surface area contributed by atoms with Gasteiger partial charge < -0.3 is 5.11 Å². The third kappa shape index (κ3) is 1.33. The van der Waals surface area contributed by atoms with Crippen molar-refractivity contribution in [2.24, 2.45) is 0 Å². The van der Waals surface area contributed by atoms with E-state index in [4.69, 9.17) is 5.11 Å². The Kier molecular flexibility index (Phi) is 2.02. The van der Waals surface area contributed by atoms with Gasteiger partial charge in [-0.1, -0.05) is 12.1 Å². The Hall–Kier alpha value is -0.890. The number of hydrogen-bond acceptors (Lipinski definition) is 1. The predicted molar refractivity (Wildman–Crippen MR) is 36.5 cm³/mol. The molecule has 0 saturated carbocycles. The maximum absolute atomic E-state index is 12.5. The lowest BCUT2D eigenvalue weighted by molar-refractivity contribution is 0.414. The van der Waals surface area contributed by atoms with E-state index in [2.05, 4.69) is 0 Å². The van der Waals surface area contributed by atoms with E-state index in [1.165, 1.54) is 12.1 Å². The maximum Gasteiger partial charge on any atom is 0.126 e. The van der Waals surface area contributed by atoms with E-state index in [1.807, 2.05) is 0 Å². The van der Waals surface area contributed by atoms with Gasteiger partial charge in [-0.3, -0.25) is 0 Å². The van der Waals surface area contributed by atoms with Crippen molar-refractivity contribution in [2.75, 3.05) is 0 Å². The molecule has 0 spiro atoms. The van der Waals surface area contributed by atoms with Gasteiger partial charge in [0.25, 0.3) is 0 Å². The van der Waals surface area contributed by atoms with E-state index in [1.54, 1.807) is 13.0 Å². The van der Waals surface area contributed by atoms with Crippen LogP contribution in [0.4, 0.5) is 4.39 Å². The predicted octanol–water partition coefficient (Wildman–Crippen LogP) is 2.02. The van der Waals surface area contributed by atoms with Crippen LogP contribution in [0.1, 0.15) is 11.1 Å². The van der Waals surface area contributed by atoms with E-state index in [-0.39, 0.29) is 5.82 Å². The molecule has 0 aliphatic carbocycles. The molecule has 0 aromatic heterocycles. The monoisotopic (exact) mass is 139 g/mol. The van der Waals surface area contributed by atoms with Crippen molar-refractivity contribution in [3.05, 3.63) is 41.8 Å². The molecular formula is C8H8FO. The van der Waals surface area contributed by atoms with Crippen LogP contribution in [0, 0.1) is 19.3 Å². The normalized spacial score (nSPS) is 9.90. The fourth-order valence-corrected chi connectivity index (χ4v) is 0.748. The van der Waals surface area contributed by atoms with Crippen LogP contribution >= 0.6 is 0 Å². The van der Waals surface area contributed by atoms with Gasteiger partial charge >= 0.3 is 0 Å². The maximum atomic E-state index is 12.5. The van der Waals surface area contributed by atoms with Gasteiger partial charge in [-0.2, -0.15) is 0 Å². The standard InChI is InChI=1S/C8H8FO/c1-6-4-7(5-10)2-3-8(6)9/h2-5,10H,1H3. The molecule has 1 N–H and O–H groups in total. The molecule has 2 heteroatoms. The highest BCUT2D eigenvalue weighted by molar-refractivity contribution is 5.26. The SMILES string of the molecule is Cc1cc([CH]O)ccc1F. The summed E-state index contributed by atoms with van der Waals surface area (Å²) in [7, 11) is 0. The van der Waals surface area contributed by atoms with Gasteiger partial charge in [-0.15, -0.1) is 0 Å². The first-order valence-electron chi connectivity index (χ1n) is 2.97. The Bertz CT molecular complexity index is 233. The number of aryl methyl sites for hydroxylation is 1. The van der Waals surface area contributed by atoms with Crippen LogP contribution in [0.25, 0.3) is 0 Å². The fraction of sp³-hybridized carbons (Fsp3) is 0.125. The van der Waals surface area contributed by atoms with Crippen molar-refractivity contribution in [3.63, 3.8) is 0 Å². The van der Waals surface area contributed by atoms with Gasteiger partial charge in [0.2, 0.25) is 0 Å². The lowest BCUT2D eigenvalue weighted by Crippen LogP contribution is -1.85. The van der Waals surface area contributed by atoms with Crippen LogP contribution in [0.15, 0.2) is 18.2 Å². The van der Waals surface area contributed by atoms with Crippen LogP contribution in [0.5, 0.6) is 0 Å². The molecule has 53 valence electrons. The average molecular weight is 139 g/mol. The molecule has 1 radical (unpaired) electrons. The summed E-state index contributed by atoms with van der Waals surface area (Å²) >= 11 is 0. The van der Waals surface area contributed by atoms with Crippen molar-refractivity contribution in [1.82, 2.24) is 0 Å². The second-order valence-electron chi connectivity index (χ2n) is 2.14. The summed E-state index contributed by atoms with van der Waals surface area (Å²) in [6.07, 6.45) is 0. The molecule has 0 amide bonds. The minimum atomic E-state index is -0.245. The Morgan fingerprint density at radius 3 is 2.70 bits per heavy atom.